The van der Waals surface area contributed by atoms with Gasteiger partial charge < -0.3 is 10.4 Å². The molecule has 0 bridgehead atoms. The van der Waals surface area contributed by atoms with Crippen molar-refractivity contribution in [2.24, 2.45) is 5.41 Å². The molecule has 2 N–H and O–H groups in total. The van der Waals surface area contributed by atoms with E-state index in [9.17, 15) is 9.90 Å². The first kappa shape index (κ1) is 15.0. The zero-order valence-corrected chi connectivity index (χ0v) is 11.7. The molecule has 1 rings (SSSR count). The highest BCUT2D eigenvalue weighted by molar-refractivity contribution is 5.76. The summed E-state index contributed by atoms with van der Waals surface area (Å²) in [6.45, 7) is 5.99. The predicted octanol–water partition coefficient (Wildman–Crippen LogP) is 3.17. The van der Waals surface area contributed by atoms with E-state index in [1.807, 2.05) is 32.9 Å². The van der Waals surface area contributed by atoms with Crippen LogP contribution in [0, 0.1) is 23.7 Å². The van der Waals surface area contributed by atoms with Gasteiger partial charge in [0.25, 0.3) is 0 Å². The van der Waals surface area contributed by atoms with Crippen LogP contribution < -0.4 is 5.32 Å². The lowest BCUT2D eigenvalue weighted by atomic mass is 9.82. The first-order valence-corrected chi connectivity index (χ1v) is 6.47. The lowest BCUT2D eigenvalue weighted by molar-refractivity contribution is -0.148. The number of carbonyl (C=O) groups is 1. The minimum absolute atomic E-state index is 0.328. The fourth-order valence-electron chi connectivity index (χ4n) is 2.13. The van der Waals surface area contributed by atoms with E-state index in [0.29, 0.717) is 24.9 Å². The highest BCUT2D eigenvalue weighted by atomic mass is 16.4. The number of hydrogen-bond acceptors (Lipinski definition) is 3. The first-order chi connectivity index (χ1) is 9.00. The molecule has 0 fully saturated rings. The Labute approximate surface area is 114 Å². The first-order valence-electron chi connectivity index (χ1n) is 6.47. The molecule has 4 nitrogen and oxygen atoms in total. The number of anilines is 1. The molecule has 0 saturated heterocycles. The van der Waals surface area contributed by atoms with Crippen LogP contribution >= 0.6 is 0 Å². The van der Waals surface area contributed by atoms with Crippen molar-refractivity contribution in [3.63, 3.8) is 0 Å². The summed E-state index contributed by atoms with van der Waals surface area (Å²) in [5.41, 5.74) is 1.45. The normalized spacial score (nSPS) is 10.8. The zero-order chi connectivity index (χ0) is 14.5. The smallest absolute Gasteiger partial charge is 0.311 e. The molecule has 0 aromatic heterocycles. The summed E-state index contributed by atoms with van der Waals surface area (Å²) in [7, 11) is 0. The van der Waals surface area contributed by atoms with Crippen molar-refractivity contribution < 1.29 is 9.90 Å². The van der Waals surface area contributed by atoms with Crippen LogP contribution in [0.3, 0.4) is 0 Å². The summed E-state index contributed by atoms with van der Waals surface area (Å²) < 4.78 is 0. The van der Waals surface area contributed by atoms with Crippen molar-refractivity contribution in [1.29, 1.82) is 5.26 Å². The quantitative estimate of drug-likeness (QED) is 0.824. The molecule has 0 radical (unpaired) electrons. The van der Waals surface area contributed by atoms with E-state index >= 15 is 0 Å². The summed E-state index contributed by atoms with van der Waals surface area (Å²) in [6, 6.07) is 7.59. The average Bonchev–Trinajstić information content (AvgIpc) is 2.41. The summed E-state index contributed by atoms with van der Waals surface area (Å²) in [6.07, 6.45) is 1.11. The van der Waals surface area contributed by atoms with Gasteiger partial charge in [0.05, 0.1) is 16.7 Å². The fourth-order valence-corrected chi connectivity index (χ4v) is 2.13. The molecular formula is C15H20N2O2. The average molecular weight is 260 g/mol. The van der Waals surface area contributed by atoms with Gasteiger partial charge in [0.2, 0.25) is 0 Å². The molecule has 0 heterocycles. The second-order valence-corrected chi connectivity index (χ2v) is 4.76. The van der Waals surface area contributed by atoms with E-state index in [0.717, 1.165) is 11.3 Å². The number of nitriles is 1. The number of nitrogens with one attached hydrogen (secondary N) is 1. The summed E-state index contributed by atoms with van der Waals surface area (Å²) in [5, 5.41) is 21.6. The number of carboxylic acids is 1. The Hall–Kier alpha value is -2.02. The third kappa shape index (κ3) is 3.05. The number of aliphatic carboxylic acids is 1. The van der Waals surface area contributed by atoms with Gasteiger partial charge in [-0.15, -0.1) is 0 Å². The summed E-state index contributed by atoms with van der Waals surface area (Å²) in [5.74, 6) is -0.794. The molecule has 0 aliphatic heterocycles. The van der Waals surface area contributed by atoms with Gasteiger partial charge in [-0.1, -0.05) is 26.0 Å². The van der Waals surface area contributed by atoms with Crippen LogP contribution in [-0.2, 0) is 4.79 Å². The van der Waals surface area contributed by atoms with E-state index in [1.165, 1.54) is 0 Å². The standard InChI is InChI=1S/C15H20N2O2/c1-4-15(5-2,14(18)19)10-17-13-11(3)7-6-8-12(13)9-16/h6-8,17H,4-5,10H2,1-3H3,(H,18,19). The Morgan fingerprint density at radius 2 is 2.05 bits per heavy atom. The number of carboxylic acid groups (broad SMARTS) is 1. The third-order valence-electron chi connectivity index (χ3n) is 3.80. The van der Waals surface area contributed by atoms with Gasteiger partial charge in [-0.2, -0.15) is 5.26 Å². The minimum atomic E-state index is -0.794. The Balaban J connectivity index is 2.99. The van der Waals surface area contributed by atoms with Crippen LogP contribution in [0.2, 0.25) is 0 Å². The van der Waals surface area contributed by atoms with Crippen LogP contribution in [0.4, 0.5) is 5.69 Å². The van der Waals surface area contributed by atoms with Crippen molar-refractivity contribution in [2.75, 3.05) is 11.9 Å². The second kappa shape index (κ2) is 6.24. The molecule has 0 unspecified atom stereocenters. The van der Waals surface area contributed by atoms with Crippen LogP contribution in [0.1, 0.15) is 37.8 Å². The minimum Gasteiger partial charge on any atom is -0.481 e. The molecule has 0 amide bonds. The Morgan fingerprint density at radius 1 is 1.42 bits per heavy atom. The van der Waals surface area contributed by atoms with Crippen LogP contribution in [0.25, 0.3) is 0 Å². The van der Waals surface area contributed by atoms with Gasteiger partial charge in [-0.25, -0.2) is 0 Å². The third-order valence-corrected chi connectivity index (χ3v) is 3.80. The highest BCUT2D eigenvalue weighted by Crippen LogP contribution is 2.29. The molecule has 102 valence electrons. The Bertz CT molecular complexity index is 499. The van der Waals surface area contributed by atoms with E-state index in [-0.39, 0.29) is 0 Å². The van der Waals surface area contributed by atoms with Gasteiger partial charge in [-0.3, -0.25) is 4.79 Å². The molecular weight excluding hydrogens is 240 g/mol. The van der Waals surface area contributed by atoms with Gasteiger partial charge in [0.15, 0.2) is 0 Å². The number of benzene rings is 1. The highest BCUT2D eigenvalue weighted by Gasteiger charge is 2.34. The van der Waals surface area contributed by atoms with Gasteiger partial charge >= 0.3 is 5.97 Å². The van der Waals surface area contributed by atoms with E-state index in [4.69, 9.17) is 5.26 Å². The maximum absolute atomic E-state index is 11.4. The van der Waals surface area contributed by atoms with Crippen molar-refractivity contribution in [1.82, 2.24) is 0 Å². The summed E-state index contributed by atoms with van der Waals surface area (Å²) >= 11 is 0. The number of nitrogens with zero attached hydrogens (tertiary/aromatic N) is 1. The molecule has 0 spiro atoms. The Kier molecular flexibility index (Phi) is 4.94. The van der Waals surface area contributed by atoms with Crippen molar-refractivity contribution >= 4 is 11.7 Å². The number of hydrogen-bond donors (Lipinski definition) is 2. The van der Waals surface area contributed by atoms with Crippen molar-refractivity contribution in [2.45, 2.75) is 33.6 Å². The van der Waals surface area contributed by atoms with E-state index in [2.05, 4.69) is 11.4 Å². The number of aryl methyl sites for hydroxylation is 1. The molecule has 1 aromatic carbocycles. The molecule has 0 aliphatic rings. The van der Waals surface area contributed by atoms with E-state index in [1.54, 1.807) is 6.07 Å². The van der Waals surface area contributed by atoms with Gasteiger partial charge in [-0.05, 0) is 31.4 Å². The maximum Gasteiger partial charge on any atom is 0.311 e. The van der Waals surface area contributed by atoms with Crippen LogP contribution in [-0.4, -0.2) is 17.6 Å². The predicted molar refractivity (Wildman–Crippen MR) is 75.0 cm³/mol. The van der Waals surface area contributed by atoms with E-state index < -0.39 is 11.4 Å². The largest absolute Gasteiger partial charge is 0.481 e. The number of rotatable bonds is 6. The second-order valence-electron chi connectivity index (χ2n) is 4.76. The fraction of sp³-hybridized carbons (Fsp3) is 0.467. The van der Waals surface area contributed by atoms with Crippen LogP contribution in [0.5, 0.6) is 0 Å². The Morgan fingerprint density at radius 3 is 2.53 bits per heavy atom. The monoisotopic (exact) mass is 260 g/mol. The number of para-hydroxylation sites is 1. The molecule has 1 aromatic rings. The van der Waals surface area contributed by atoms with Crippen LogP contribution in [0.15, 0.2) is 18.2 Å². The molecule has 0 aliphatic carbocycles. The lowest BCUT2D eigenvalue weighted by Crippen LogP contribution is -2.37. The van der Waals surface area contributed by atoms with Gasteiger partial charge in [0, 0.05) is 6.54 Å². The summed E-state index contributed by atoms with van der Waals surface area (Å²) in [4.78, 5) is 11.4. The molecule has 4 heteroatoms. The molecule has 19 heavy (non-hydrogen) atoms. The van der Waals surface area contributed by atoms with Crippen molar-refractivity contribution in [3.05, 3.63) is 29.3 Å². The SMILES string of the molecule is CCC(CC)(CNc1c(C)cccc1C#N)C(=O)O. The topological polar surface area (TPSA) is 73.1 Å². The zero-order valence-electron chi connectivity index (χ0n) is 11.7. The molecule has 0 atom stereocenters. The lowest BCUT2D eigenvalue weighted by Gasteiger charge is -2.28. The van der Waals surface area contributed by atoms with Crippen molar-refractivity contribution in [3.8, 4) is 6.07 Å². The van der Waals surface area contributed by atoms with Gasteiger partial charge in [0.1, 0.15) is 6.07 Å². The maximum atomic E-state index is 11.4. The molecule has 0 saturated carbocycles.